The number of aliphatic hydroxyl groups excluding tert-OH is 1. The van der Waals surface area contributed by atoms with Gasteiger partial charge in [0, 0.05) is 5.69 Å². The van der Waals surface area contributed by atoms with Crippen LogP contribution in [0.1, 0.15) is 45.1 Å². The van der Waals surface area contributed by atoms with Crippen LogP contribution >= 0.6 is 0 Å². The molecule has 0 spiro atoms. The summed E-state index contributed by atoms with van der Waals surface area (Å²) in [5.74, 6) is 0.545. The highest BCUT2D eigenvalue weighted by molar-refractivity contribution is 5.93. The number of nitrogens with one attached hydrogen (secondary N) is 1. The maximum Gasteiger partial charge on any atom is 0.253 e. The average molecular weight is 291 g/mol. The van der Waals surface area contributed by atoms with E-state index in [4.69, 9.17) is 9.84 Å². The SMILES string of the molecule is CC1CCCC(OC(C)C(=O)Nc2cccc(CO)c2)C1. The van der Waals surface area contributed by atoms with Crippen molar-refractivity contribution in [2.45, 2.75) is 58.3 Å². The van der Waals surface area contributed by atoms with Crippen LogP contribution in [-0.2, 0) is 16.1 Å². The summed E-state index contributed by atoms with van der Waals surface area (Å²) >= 11 is 0. The standard InChI is InChI=1S/C17H25NO3/c1-12-5-3-8-16(9-12)21-13(2)17(20)18-15-7-4-6-14(10-15)11-19/h4,6-7,10,12-13,16,19H,3,5,8-9,11H2,1-2H3,(H,18,20). The van der Waals surface area contributed by atoms with Crippen LogP contribution in [0.25, 0.3) is 0 Å². The summed E-state index contributed by atoms with van der Waals surface area (Å²) in [7, 11) is 0. The van der Waals surface area contributed by atoms with E-state index in [1.165, 1.54) is 12.8 Å². The minimum atomic E-state index is -0.460. The summed E-state index contributed by atoms with van der Waals surface area (Å²) in [6, 6.07) is 7.22. The first-order chi connectivity index (χ1) is 10.1. The van der Waals surface area contributed by atoms with Crippen LogP contribution in [0, 0.1) is 5.92 Å². The third-order valence-corrected chi connectivity index (χ3v) is 4.03. The Hall–Kier alpha value is -1.39. The number of hydrogen-bond donors (Lipinski definition) is 2. The molecule has 1 fully saturated rings. The first-order valence-electron chi connectivity index (χ1n) is 7.74. The monoisotopic (exact) mass is 291 g/mol. The van der Waals surface area contributed by atoms with Gasteiger partial charge in [-0.15, -0.1) is 0 Å². The van der Waals surface area contributed by atoms with Gasteiger partial charge in [-0.2, -0.15) is 0 Å². The zero-order valence-corrected chi connectivity index (χ0v) is 12.8. The Labute approximate surface area is 126 Å². The molecule has 1 aromatic rings. The molecule has 1 aromatic carbocycles. The molecule has 116 valence electrons. The summed E-state index contributed by atoms with van der Waals surface area (Å²) in [6.45, 7) is 4.00. The highest BCUT2D eigenvalue weighted by Crippen LogP contribution is 2.26. The lowest BCUT2D eigenvalue weighted by Crippen LogP contribution is -2.33. The number of benzene rings is 1. The Kier molecular flexibility index (Phi) is 5.76. The lowest BCUT2D eigenvalue weighted by Gasteiger charge is -2.29. The molecule has 1 aliphatic rings. The molecular weight excluding hydrogens is 266 g/mol. The molecule has 1 aliphatic carbocycles. The first-order valence-corrected chi connectivity index (χ1v) is 7.74. The highest BCUT2D eigenvalue weighted by Gasteiger charge is 2.24. The molecule has 0 aromatic heterocycles. The van der Waals surface area contributed by atoms with Gasteiger partial charge in [0.15, 0.2) is 0 Å². The Morgan fingerprint density at radius 3 is 3.00 bits per heavy atom. The smallest absolute Gasteiger partial charge is 0.253 e. The Morgan fingerprint density at radius 1 is 1.48 bits per heavy atom. The van der Waals surface area contributed by atoms with Gasteiger partial charge < -0.3 is 15.2 Å². The van der Waals surface area contributed by atoms with E-state index in [0.717, 1.165) is 18.4 Å². The number of aliphatic hydroxyl groups is 1. The second-order valence-electron chi connectivity index (χ2n) is 6.02. The minimum absolute atomic E-state index is 0.0320. The van der Waals surface area contributed by atoms with E-state index in [-0.39, 0.29) is 18.6 Å². The maximum absolute atomic E-state index is 12.2. The van der Waals surface area contributed by atoms with E-state index < -0.39 is 6.10 Å². The topological polar surface area (TPSA) is 58.6 Å². The molecule has 21 heavy (non-hydrogen) atoms. The van der Waals surface area contributed by atoms with Crippen LogP contribution in [0.4, 0.5) is 5.69 Å². The summed E-state index contributed by atoms with van der Waals surface area (Å²) < 4.78 is 5.89. The van der Waals surface area contributed by atoms with Gasteiger partial charge in [-0.1, -0.05) is 31.9 Å². The van der Waals surface area contributed by atoms with Gasteiger partial charge in [-0.25, -0.2) is 0 Å². The van der Waals surface area contributed by atoms with Gasteiger partial charge in [0.2, 0.25) is 0 Å². The van der Waals surface area contributed by atoms with Crippen LogP contribution in [0.3, 0.4) is 0 Å². The van der Waals surface area contributed by atoms with Gasteiger partial charge in [0.25, 0.3) is 5.91 Å². The van der Waals surface area contributed by atoms with Crippen molar-refractivity contribution in [2.75, 3.05) is 5.32 Å². The number of amides is 1. The molecule has 2 N–H and O–H groups in total. The Balaban J connectivity index is 1.86. The number of carbonyl (C=O) groups is 1. The highest BCUT2D eigenvalue weighted by atomic mass is 16.5. The molecule has 0 heterocycles. The predicted molar refractivity (Wildman–Crippen MR) is 83.0 cm³/mol. The zero-order chi connectivity index (χ0) is 15.2. The molecule has 4 heteroatoms. The molecule has 0 bridgehead atoms. The quantitative estimate of drug-likeness (QED) is 0.876. The summed E-state index contributed by atoms with van der Waals surface area (Å²) in [6.07, 6.45) is 4.25. The molecule has 3 atom stereocenters. The van der Waals surface area contributed by atoms with Crippen molar-refractivity contribution in [3.8, 4) is 0 Å². The van der Waals surface area contributed by atoms with Crippen molar-refractivity contribution in [3.05, 3.63) is 29.8 Å². The van der Waals surface area contributed by atoms with E-state index >= 15 is 0 Å². The first kappa shape index (κ1) is 16.0. The predicted octanol–water partition coefficient (Wildman–Crippen LogP) is 3.10. The van der Waals surface area contributed by atoms with Crippen LogP contribution in [0.15, 0.2) is 24.3 Å². The van der Waals surface area contributed by atoms with Crippen LogP contribution in [-0.4, -0.2) is 23.2 Å². The van der Waals surface area contributed by atoms with Crippen molar-refractivity contribution in [2.24, 2.45) is 5.92 Å². The molecule has 1 saturated carbocycles. The fourth-order valence-electron chi connectivity index (χ4n) is 2.84. The summed E-state index contributed by atoms with van der Waals surface area (Å²) in [4.78, 5) is 12.2. The summed E-state index contributed by atoms with van der Waals surface area (Å²) in [5, 5.41) is 12.0. The molecule has 4 nitrogen and oxygen atoms in total. The van der Waals surface area contributed by atoms with Crippen molar-refractivity contribution in [3.63, 3.8) is 0 Å². The normalized spacial score (nSPS) is 23.6. The van der Waals surface area contributed by atoms with E-state index in [0.29, 0.717) is 11.6 Å². The van der Waals surface area contributed by atoms with Gasteiger partial charge in [0.05, 0.1) is 12.7 Å². The molecule has 2 rings (SSSR count). The molecule has 0 saturated heterocycles. The molecular formula is C17H25NO3. The number of anilines is 1. The van der Waals surface area contributed by atoms with E-state index in [9.17, 15) is 4.79 Å². The van der Waals surface area contributed by atoms with Crippen LogP contribution < -0.4 is 5.32 Å². The second-order valence-corrected chi connectivity index (χ2v) is 6.02. The third-order valence-electron chi connectivity index (χ3n) is 4.03. The molecule has 1 amide bonds. The van der Waals surface area contributed by atoms with Crippen molar-refractivity contribution < 1.29 is 14.6 Å². The van der Waals surface area contributed by atoms with Gasteiger partial charge in [-0.05, 0) is 43.4 Å². The molecule has 0 radical (unpaired) electrons. The van der Waals surface area contributed by atoms with Crippen molar-refractivity contribution in [1.82, 2.24) is 0 Å². The van der Waals surface area contributed by atoms with E-state index in [2.05, 4.69) is 12.2 Å². The maximum atomic E-state index is 12.2. The lowest BCUT2D eigenvalue weighted by molar-refractivity contribution is -0.131. The van der Waals surface area contributed by atoms with Crippen molar-refractivity contribution in [1.29, 1.82) is 0 Å². The number of ether oxygens (including phenoxy) is 1. The van der Waals surface area contributed by atoms with Gasteiger partial charge in [0.1, 0.15) is 6.10 Å². The molecule has 3 unspecified atom stereocenters. The lowest BCUT2D eigenvalue weighted by atomic mass is 9.88. The number of rotatable bonds is 5. The fraction of sp³-hybridized carbons (Fsp3) is 0.588. The minimum Gasteiger partial charge on any atom is -0.392 e. The van der Waals surface area contributed by atoms with Crippen LogP contribution in [0.5, 0.6) is 0 Å². The van der Waals surface area contributed by atoms with Crippen molar-refractivity contribution >= 4 is 11.6 Å². The largest absolute Gasteiger partial charge is 0.392 e. The second kappa shape index (κ2) is 7.57. The third kappa shape index (κ3) is 4.83. The summed E-state index contributed by atoms with van der Waals surface area (Å²) in [5.41, 5.74) is 1.47. The molecule has 0 aliphatic heterocycles. The number of carbonyl (C=O) groups excluding carboxylic acids is 1. The average Bonchev–Trinajstić information content (AvgIpc) is 2.47. The number of hydrogen-bond acceptors (Lipinski definition) is 3. The van der Waals surface area contributed by atoms with E-state index in [1.54, 1.807) is 13.0 Å². The van der Waals surface area contributed by atoms with E-state index in [1.807, 2.05) is 18.2 Å². The van der Waals surface area contributed by atoms with Gasteiger partial charge >= 0.3 is 0 Å². The Morgan fingerprint density at radius 2 is 2.29 bits per heavy atom. The van der Waals surface area contributed by atoms with Crippen LogP contribution in [0.2, 0.25) is 0 Å². The van der Waals surface area contributed by atoms with Gasteiger partial charge in [-0.3, -0.25) is 4.79 Å². The fourth-order valence-corrected chi connectivity index (χ4v) is 2.84. The zero-order valence-electron chi connectivity index (χ0n) is 12.8. The Bertz CT molecular complexity index is 475.